The molecular weight excluding hydrogens is 192 g/mol. The highest BCUT2D eigenvalue weighted by Crippen LogP contribution is 2.47. The van der Waals surface area contributed by atoms with Gasteiger partial charge >= 0.3 is 0 Å². The smallest absolute Gasteiger partial charge is 0.0274 e. The van der Waals surface area contributed by atoms with Gasteiger partial charge in [0.15, 0.2) is 0 Å². The van der Waals surface area contributed by atoms with Crippen LogP contribution in [0.15, 0.2) is 0 Å². The van der Waals surface area contributed by atoms with Crippen molar-refractivity contribution in [1.82, 2.24) is 0 Å². The van der Waals surface area contributed by atoms with Crippen LogP contribution in [0, 0.1) is 17.3 Å². The Hall–Kier alpha value is 0. The van der Waals surface area contributed by atoms with Crippen LogP contribution in [0.1, 0.15) is 85.5 Å². The monoisotopic (exact) mass is 224 g/mol. The Morgan fingerprint density at radius 2 is 1.50 bits per heavy atom. The van der Waals surface area contributed by atoms with Gasteiger partial charge < -0.3 is 0 Å². The van der Waals surface area contributed by atoms with Crippen LogP contribution < -0.4 is 0 Å². The summed E-state index contributed by atoms with van der Waals surface area (Å²) in [5, 5.41) is 0. The number of unbranched alkanes of at least 4 members (excludes halogenated alkanes) is 2. The first-order chi connectivity index (χ1) is 7.57. The molecule has 1 aliphatic rings. The summed E-state index contributed by atoms with van der Waals surface area (Å²) < 4.78 is 0. The number of hydrogen-bond donors (Lipinski definition) is 0. The topological polar surface area (TPSA) is 0 Å². The molecule has 1 fully saturated rings. The molecule has 0 amide bonds. The SMILES string of the molecule is CC(C)CCCCCC1(C(C)C)CCCC1. The zero-order valence-corrected chi connectivity index (χ0v) is 12.0. The van der Waals surface area contributed by atoms with E-state index in [9.17, 15) is 0 Å². The lowest BCUT2D eigenvalue weighted by Crippen LogP contribution is -2.23. The molecule has 0 radical (unpaired) electrons. The summed E-state index contributed by atoms with van der Waals surface area (Å²) >= 11 is 0. The molecule has 1 rings (SSSR count). The predicted octanol–water partition coefficient (Wildman–Crippen LogP) is 5.81. The molecule has 0 saturated heterocycles. The minimum absolute atomic E-state index is 0.734. The van der Waals surface area contributed by atoms with Crippen LogP contribution in [0.4, 0.5) is 0 Å². The maximum absolute atomic E-state index is 2.44. The quantitative estimate of drug-likeness (QED) is 0.479. The fraction of sp³-hybridized carbons (Fsp3) is 1.00. The van der Waals surface area contributed by atoms with E-state index in [0.717, 1.165) is 17.3 Å². The van der Waals surface area contributed by atoms with Gasteiger partial charge in [-0.25, -0.2) is 0 Å². The first kappa shape index (κ1) is 14.1. The van der Waals surface area contributed by atoms with Crippen molar-refractivity contribution in [2.24, 2.45) is 17.3 Å². The highest BCUT2D eigenvalue weighted by Gasteiger charge is 2.35. The van der Waals surface area contributed by atoms with E-state index in [1.807, 2.05) is 0 Å². The van der Waals surface area contributed by atoms with Gasteiger partial charge in [0.2, 0.25) is 0 Å². The summed E-state index contributed by atoms with van der Waals surface area (Å²) in [5.74, 6) is 1.80. The van der Waals surface area contributed by atoms with Gasteiger partial charge in [-0.05, 0) is 36.5 Å². The molecule has 0 aromatic heterocycles. The van der Waals surface area contributed by atoms with E-state index in [4.69, 9.17) is 0 Å². The normalized spacial score (nSPS) is 19.9. The second-order valence-corrected chi connectivity index (χ2v) is 6.72. The third-order valence-corrected chi connectivity index (χ3v) is 4.78. The van der Waals surface area contributed by atoms with Crippen LogP contribution >= 0.6 is 0 Å². The van der Waals surface area contributed by atoms with Gasteiger partial charge in [-0.15, -0.1) is 0 Å². The van der Waals surface area contributed by atoms with Crippen LogP contribution in [-0.2, 0) is 0 Å². The Bertz CT molecular complexity index is 172. The summed E-state index contributed by atoms with van der Waals surface area (Å²) in [4.78, 5) is 0. The summed E-state index contributed by atoms with van der Waals surface area (Å²) in [6.07, 6.45) is 13.3. The van der Waals surface area contributed by atoms with E-state index in [2.05, 4.69) is 27.7 Å². The largest absolute Gasteiger partial charge is 0.0628 e. The van der Waals surface area contributed by atoms with Crippen LogP contribution in [-0.4, -0.2) is 0 Å². The standard InChI is InChI=1S/C16H32/c1-14(2)10-6-5-7-11-16(15(3)4)12-8-9-13-16/h14-15H,5-13H2,1-4H3. The lowest BCUT2D eigenvalue weighted by Gasteiger charge is -2.33. The van der Waals surface area contributed by atoms with Crippen molar-refractivity contribution in [2.45, 2.75) is 85.5 Å². The highest BCUT2D eigenvalue weighted by molar-refractivity contribution is 4.87. The third kappa shape index (κ3) is 4.11. The summed E-state index contributed by atoms with van der Waals surface area (Å²) in [6.45, 7) is 9.57. The van der Waals surface area contributed by atoms with E-state index in [1.165, 1.54) is 57.8 Å². The van der Waals surface area contributed by atoms with Gasteiger partial charge in [0, 0.05) is 0 Å². The van der Waals surface area contributed by atoms with Gasteiger partial charge in [-0.2, -0.15) is 0 Å². The molecule has 0 nitrogen and oxygen atoms in total. The lowest BCUT2D eigenvalue weighted by molar-refractivity contribution is 0.172. The van der Waals surface area contributed by atoms with Crippen molar-refractivity contribution in [3.63, 3.8) is 0 Å². The first-order valence-electron chi connectivity index (χ1n) is 7.57. The number of hydrogen-bond acceptors (Lipinski definition) is 0. The second-order valence-electron chi connectivity index (χ2n) is 6.72. The minimum atomic E-state index is 0.734. The predicted molar refractivity (Wildman–Crippen MR) is 73.7 cm³/mol. The molecule has 0 heterocycles. The molecule has 1 saturated carbocycles. The maximum atomic E-state index is 2.44. The molecule has 0 bridgehead atoms. The zero-order valence-electron chi connectivity index (χ0n) is 12.0. The maximum Gasteiger partial charge on any atom is -0.0274 e. The van der Waals surface area contributed by atoms with E-state index in [0.29, 0.717) is 0 Å². The fourth-order valence-corrected chi connectivity index (χ4v) is 3.40. The van der Waals surface area contributed by atoms with Crippen LogP contribution in [0.5, 0.6) is 0 Å². The molecule has 1 aliphatic carbocycles. The molecule has 0 aromatic carbocycles. The van der Waals surface area contributed by atoms with Crippen molar-refractivity contribution in [3.05, 3.63) is 0 Å². The Labute approximate surface area is 103 Å². The van der Waals surface area contributed by atoms with Gasteiger partial charge in [0.25, 0.3) is 0 Å². The fourth-order valence-electron chi connectivity index (χ4n) is 3.40. The van der Waals surface area contributed by atoms with Crippen molar-refractivity contribution in [1.29, 1.82) is 0 Å². The molecule has 16 heavy (non-hydrogen) atoms. The molecule has 0 aliphatic heterocycles. The van der Waals surface area contributed by atoms with Crippen molar-refractivity contribution < 1.29 is 0 Å². The Morgan fingerprint density at radius 1 is 0.875 bits per heavy atom. The highest BCUT2D eigenvalue weighted by atomic mass is 14.4. The van der Waals surface area contributed by atoms with Gasteiger partial charge in [0.05, 0.1) is 0 Å². The Kier molecular flexibility index (Phi) is 5.86. The number of rotatable bonds is 7. The van der Waals surface area contributed by atoms with E-state index < -0.39 is 0 Å². The zero-order chi connectivity index (χ0) is 12.0. The average molecular weight is 224 g/mol. The van der Waals surface area contributed by atoms with Crippen LogP contribution in [0.3, 0.4) is 0 Å². The molecule has 0 unspecified atom stereocenters. The summed E-state index contributed by atoms with van der Waals surface area (Å²) in [5.41, 5.74) is 0.734. The van der Waals surface area contributed by atoms with Crippen LogP contribution in [0.25, 0.3) is 0 Å². The molecule has 0 heteroatoms. The average Bonchev–Trinajstić information content (AvgIpc) is 2.66. The second kappa shape index (κ2) is 6.67. The summed E-state index contributed by atoms with van der Waals surface area (Å²) in [7, 11) is 0. The van der Waals surface area contributed by atoms with Crippen molar-refractivity contribution in [3.8, 4) is 0 Å². The molecule has 0 spiro atoms. The molecule has 96 valence electrons. The third-order valence-electron chi connectivity index (χ3n) is 4.78. The Balaban J connectivity index is 2.19. The minimum Gasteiger partial charge on any atom is -0.0628 e. The van der Waals surface area contributed by atoms with Crippen molar-refractivity contribution in [2.75, 3.05) is 0 Å². The molecule has 0 N–H and O–H groups in total. The Morgan fingerprint density at radius 3 is 2.00 bits per heavy atom. The van der Waals surface area contributed by atoms with Crippen LogP contribution in [0.2, 0.25) is 0 Å². The first-order valence-corrected chi connectivity index (χ1v) is 7.57. The van der Waals surface area contributed by atoms with E-state index in [1.54, 1.807) is 0 Å². The van der Waals surface area contributed by atoms with Gasteiger partial charge in [-0.3, -0.25) is 0 Å². The molecule has 0 atom stereocenters. The molecule has 0 aromatic rings. The molecular formula is C16H32. The summed E-state index contributed by atoms with van der Waals surface area (Å²) in [6, 6.07) is 0. The van der Waals surface area contributed by atoms with Gasteiger partial charge in [-0.1, -0.05) is 66.2 Å². The van der Waals surface area contributed by atoms with E-state index >= 15 is 0 Å². The van der Waals surface area contributed by atoms with Gasteiger partial charge in [0.1, 0.15) is 0 Å². The van der Waals surface area contributed by atoms with E-state index in [-0.39, 0.29) is 0 Å². The van der Waals surface area contributed by atoms with Crippen molar-refractivity contribution >= 4 is 0 Å². The lowest BCUT2D eigenvalue weighted by atomic mass is 9.72.